The molecular formula is C14H20F2N2O2. The molecule has 0 spiro atoms. The molecule has 0 saturated carbocycles. The van der Waals surface area contributed by atoms with Crippen LogP contribution >= 0.6 is 0 Å². The highest BCUT2D eigenvalue weighted by Gasteiger charge is 2.18. The van der Waals surface area contributed by atoms with Crippen LogP contribution < -0.4 is 5.32 Å². The fourth-order valence-corrected chi connectivity index (χ4v) is 1.86. The Labute approximate surface area is 117 Å². The van der Waals surface area contributed by atoms with Gasteiger partial charge in [-0.25, -0.2) is 13.6 Å². The number of hydrogen-bond acceptors (Lipinski definition) is 2. The SMILES string of the molecule is CN(CC(C)(C)O)C(=O)NCCc1cc(F)cc(F)c1. The third-order valence-corrected chi connectivity index (χ3v) is 2.58. The molecule has 0 fully saturated rings. The van der Waals surface area contributed by atoms with Gasteiger partial charge in [-0.3, -0.25) is 0 Å². The van der Waals surface area contributed by atoms with Crippen molar-refractivity contribution in [1.82, 2.24) is 10.2 Å². The molecule has 0 heterocycles. The number of carbonyl (C=O) groups excluding carboxylic acids is 1. The van der Waals surface area contributed by atoms with E-state index in [0.717, 1.165) is 6.07 Å². The predicted molar refractivity (Wildman–Crippen MR) is 72.4 cm³/mol. The van der Waals surface area contributed by atoms with E-state index in [9.17, 15) is 18.7 Å². The Morgan fingerprint density at radius 3 is 2.35 bits per heavy atom. The Balaban J connectivity index is 2.42. The van der Waals surface area contributed by atoms with Crippen LogP contribution in [0, 0.1) is 11.6 Å². The summed E-state index contributed by atoms with van der Waals surface area (Å²) < 4.78 is 25.9. The van der Waals surface area contributed by atoms with Gasteiger partial charge in [0.1, 0.15) is 11.6 Å². The number of carbonyl (C=O) groups is 1. The Morgan fingerprint density at radius 1 is 1.30 bits per heavy atom. The average Bonchev–Trinajstić information content (AvgIpc) is 2.25. The normalized spacial score (nSPS) is 11.3. The van der Waals surface area contributed by atoms with Gasteiger partial charge in [-0.05, 0) is 38.0 Å². The van der Waals surface area contributed by atoms with E-state index in [1.165, 1.54) is 17.0 Å². The van der Waals surface area contributed by atoms with E-state index >= 15 is 0 Å². The second kappa shape index (κ2) is 6.65. The second-order valence-corrected chi connectivity index (χ2v) is 5.43. The topological polar surface area (TPSA) is 52.6 Å². The third kappa shape index (κ3) is 5.97. The van der Waals surface area contributed by atoms with Gasteiger partial charge in [0.05, 0.1) is 12.1 Å². The summed E-state index contributed by atoms with van der Waals surface area (Å²) in [5.41, 5.74) is -0.495. The van der Waals surface area contributed by atoms with Crippen LogP contribution in [0.5, 0.6) is 0 Å². The van der Waals surface area contributed by atoms with Gasteiger partial charge < -0.3 is 15.3 Å². The number of hydrogen-bond donors (Lipinski definition) is 2. The summed E-state index contributed by atoms with van der Waals surface area (Å²) in [5, 5.41) is 12.2. The number of amides is 2. The molecule has 4 nitrogen and oxygen atoms in total. The Bertz CT molecular complexity index is 452. The van der Waals surface area contributed by atoms with Crippen LogP contribution in [-0.4, -0.2) is 41.8 Å². The first-order valence-electron chi connectivity index (χ1n) is 6.34. The Morgan fingerprint density at radius 2 is 1.85 bits per heavy atom. The van der Waals surface area contributed by atoms with E-state index in [-0.39, 0.29) is 19.1 Å². The molecular weight excluding hydrogens is 266 g/mol. The number of halogens is 2. The maximum atomic E-state index is 13.0. The summed E-state index contributed by atoms with van der Waals surface area (Å²) in [7, 11) is 1.56. The predicted octanol–water partition coefficient (Wildman–Crippen LogP) is 1.92. The third-order valence-electron chi connectivity index (χ3n) is 2.58. The summed E-state index contributed by atoms with van der Waals surface area (Å²) in [4.78, 5) is 13.1. The number of nitrogens with zero attached hydrogens (tertiary/aromatic N) is 1. The van der Waals surface area contributed by atoms with Crippen molar-refractivity contribution in [2.75, 3.05) is 20.1 Å². The number of nitrogens with one attached hydrogen (secondary N) is 1. The molecule has 1 rings (SSSR count). The zero-order chi connectivity index (χ0) is 15.3. The van der Waals surface area contributed by atoms with Crippen molar-refractivity contribution >= 4 is 6.03 Å². The van der Waals surface area contributed by atoms with E-state index < -0.39 is 17.2 Å². The first-order chi connectivity index (χ1) is 9.17. The van der Waals surface area contributed by atoms with Crippen molar-refractivity contribution in [3.63, 3.8) is 0 Å². The first-order valence-corrected chi connectivity index (χ1v) is 6.34. The molecule has 0 unspecified atom stereocenters. The van der Waals surface area contributed by atoms with Crippen molar-refractivity contribution in [3.8, 4) is 0 Å². The number of benzene rings is 1. The molecule has 1 aromatic rings. The summed E-state index contributed by atoms with van der Waals surface area (Å²) in [5.74, 6) is -1.27. The fraction of sp³-hybridized carbons (Fsp3) is 0.500. The number of aliphatic hydroxyl groups is 1. The highest BCUT2D eigenvalue weighted by Crippen LogP contribution is 2.08. The molecule has 6 heteroatoms. The number of urea groups is 1. The lowest BCUT2D eigenvalue weighted by atomic mass is 10.1. The molecule has 0 bridgehead atoms. The highest BCUT2D eigenvalue weighted by atomic mass is 19.1. The van der Waals surface area contributed by atoms with Crippen LogP contribution in [0.1, 0.15) is 19.4 Å². The van der Waals surface area contributed by atoms with Crippen molar-refractivity contribution in [3.05, 3.63) is 35.4 Å². The fourth-order valence-electron chi connectivity index (χ4n) is 1.86. The van der Waals surface area contributed by atoms with E-state index in [0.29, 0.717) is 12.0 Å². The minimum Gasteiger partial charge on any atom is -0.389 e. The Hall–Kier alpha value is -1.69. The lowest BCUT2D eigenvalue weighted by Crippen LogP contribution is -2.45. The first kappa shape index (κ1) is 16.4. The molecule has 0 radical (unpaired) electrons. The van der Waals surface area contributed by atoms with Gasteiger partial charge in [-0.1, -0.05) is 0 Å². The molecule has 0 aliphatic carbocycles. The van der Waals surface area contributed by atoms with Crippen molar-refractivity contribution in [2.45, 2.75) is 25.9 Å². The lowest BCUT2D eigenvalue weighted by molar-refractivity contribution is 0.0532. The monoisotopic (exact) mass is 286 g/mol. The van der Waals surface area contributed by atoms with E-state index in [1.54, 1.807) is 20.9 Å². The van der Waals surface area contributed by atoms with Crippen LogP contribution in [-0.2, 0) is 6.42 Å². The maximum absolute atomic E-state index is 13.0. The summed E-state index contributed by atoms with van der Waals surface area (Å²) >= 11 is 0. The van der Waals surface area contributed by atoms with Gasteiger partial charge >= 0.3 is 6.03 Å². The minimum atomic E-state index is -0.974. The van der Waals surface area contributed by atoms with E-state index in [4.69, 9.17) is 0 Å². The zero-order valence-corrected chi connectivity index (χ0v) is 11.9. The second-order valence-electron chi connectivity index (χ2n) is 5.43. The summed E-state index contributed by atoms with van der Waals surface area (Å²) in [6, 6.07) is 2.93. The minimum absolute atomic E-state index is 0.188. The van der Waals surface area contributed by atoms with Gasteiger partial charge in [0.25, 0.3) is 0 Å². The molecule has 0 aliphatic rings. The standard InChI is InChI=1S/C14H20F2N2O2/c1-14(2,20)9-18(3)13(19)17-5-4-10-6-11(15)8-12(16)7-10/h6-8,20H,4-5,9H2,1-3H3,(H,17,19). The number of rotatable bonds is 5. The largest absolute Gasteiger partial charge is 0.389 e. The smallest absolute Gasteiger partial charge is 0.317 e. The van der Waals surface area contributed by atoms with Crippen LogP contribution in [0.2, 0.25) is 0 Å². The molecule has 0 atom stereocenters. The molecule has 20 heavy (non-hydrogen) atoms. The maximum Gasteiger partial charge on any atom is 0.317 e. The van der Waals surface area contributed by atoms with Gasteiger partial charge in [-0.2, -0.15) is 0 Å². The van der Waals surface area contributed by atoms with Crippen LogP contribution in [0.25, 0.3) is 0 Å². The zero-order valence-electron chi connectivity index (χ0n) is 11.9. The summed E-state index contributed by atoms with van der Waals surface area (Å²) in [6.45, 7) is 3.66. The summed E-state index contributed by atoms with van der Waals surface area (Å²) in [6.07, 6.45) is 0.330. The molecule has 112 valence electrons. The molecule has 2 amide bonds. The van der Waals surface area contributed by atoms with E-state index in [2.05, 4.69) is 5.32 Å². The Kier molecular flexibility index (Phi) is 5.44. The van der Waals surface area contributed by atoms with Crippen molar-refractivity contribution in [2.24, 2.45) is 0 Å². The highest BCUT2D eigenvalue weighted by molar-refractivity contribution is 5.73. The van der Waals surface area contributed by atoms with Crippen LogP contribution in [0.15, 0.2) is 18.2 Å². The molecule has 1 aromatic carbocycles. The molecule has 0 saturated heterocycles. The molecule has 0 aromatic heterocycles. The van der Waals surface area contributed by atoms with Crippen LogP contribution in [0.4, 0.5) is 13.6 Å². The van der Waals surface area contributed by atoms with Gasteiger partial charge in [0.2, 0.25) is 0 Å². The average molecular weight is 286 g/mol. The van der Waals surface area contributed by atoms with Gasteiger partial charge in [0.15, 0.2) is 0 Å². The van der Waals surface area contributed by atoms with E-state index in [1.807, 2.05) is 0 Å². The molecule has 0 aliphatic heterocycles. The van der Waals surface area contributed by atoms with Gasteiger partial charge in [-0.15, -0.1) is 0 Å². The van der Waals surface area contributed by atoms with Crippen molar-refractivity contribution < 1.29 is 18.7 Å². The molecule has 2 N–H and O–H groups in total. The van der Waals surface area contributed by atoms with Crippen LogP contribution in [0.3, 0.4) is 0 Å². The number of likely N-dealkylation sites (N-methyl/N-ethyl adjacent to an activating group) is 1. The van der Waals surface area contributed by atoms with Gasteiger partial charge in [0, 0.05) is 19.7 Å². The lowest BCUT2D eigenvalue weighted by Gasteiger charge is -2.25. The quantitative estimate of drug-likeness (QED) is 0.869. The van der Waals surface area contributed by atoms with Crippen molar-refractivity contribution in [1.29, 1.82) is 0 Å².